The minimum Gasteiger partial charge on any atom is -0.354 e. The zero-order valence-electron chi connectivity index (χ0n) is 12.0. The quantitative estimate of drug-likeness (QED) is 0.625. The van der Waals surface area contributed by atoms with Gasteiger partial charge in [-0.2, -0.15) is 4.98 Å². The summed E-state index contributed by atoms with van der Waals surface area (Å²) in [7, 11) is 0. The van der Waals surface area contributed by atoms with Crippen molar-refractivity contribution in [2.24, 2.45) is 0 Å². The minimum absolute atomic E-state index is 0.154. The molecule has 0 bridgehead atoms. The summed E-state index contributed by atoms with van der Waals surface area (Å²) >= 11 is 0. The molecule has 0 amide bonds. The van der Waals surface area contributed by atoms with E-state index in [0.717, 1.165) is 17.7 Å². The number of nitro groups is 1. The van der Waals surface area contributed by atoms with E-state index in [4.69, 9.17) is 0 Å². The van der Waals surface area contributed by atoms with Gasteiger partial charge in [0.2, 0.25) is 11.8 Å². The Hall–Kier alpha value is -2.70. The molecule has 0 saturated heterocycles. The van der Waals surface area contributed by atoms with E-state index in [9.17, 15) is 10.1 Å². The van der Waals surface area contributed by atoms with Crippen LogP contribution in [0.25, 0.3) is 0 Å². The normalized spacial score (nSPS) is 10.2. The average molecular weight is 287 g/mol. The Kier molecular flexibility index (Phi) is 4.65. The molecule has 0 saturated carbocycles. The van der Waals surface area contributed by atoms with Crippen LogP contribution in [0.4, 0.5) is 23.1 Å². The van der Waals surface area contributed by atoms with Crippen LogP contribution in [0.5, 0.6) is 0 Å². The number of benzene rings is 1. The average Bonchev–Trinajstić information content (AvgIpc) is 2.45. The number of anilines is 3. The van der Waals surface area contributed by atoms with Crippen LogP contribution in [0.1, 0.15) is 18.9 Å². The third kappa shape index (κ3) is 3.88. The highest BCUT2D eigenvalue weighted by Crippen LogP contribution is 2.26. The lowest BCUT2D eigenvalue weighted by atomic mass is 10.2. The van der Waals surface area contributed by atoms with Gasteiger partial charge >= 0.3 is 5.69 Å². The predicted molar refractivity (Wildman–Crippen MR) is 81.9 cm³/mol. The monoisotopic (exact) mass is 287 g/mol. The van der Waals surface area contributed by atoms with E-state index >= 15 is 0 Å². The number of hydrogen-bond acceptors (Lipinski definition) is 6. The highest BCUT2D eigenvalue weighted by Gasteiger charge is 2.17. The Balaban J connectivity index is 2.31. The summed E-state index contributed by atoms with van der Waals surface area (Å²) in [5.41, 5.74) is 1.65. The number of hydrogen-bond donors (Lipinski definition) is 2. The van der Waals surface area contributed by atoms with Gasteiger partial charge < -0.3 is 10.6 Å². The molecule has 2 aromatic rings. The SMILES string of the molecule is CCCNc1ncc([N+](=O)[O-])c(Nc2cccc(C)c2)n1. The zero-order valence-corrected chi connectivity index (χ0v) is 12.0. The lowest BCUT2D eigenvalue weighted by Crippen LogP contribution is -2.07. The third-order valence-corrected chi connectivity index (χ3v) is 2.78. The van der Waals surface area contributed by atoms with Crippen LogP contribution in [0.15, 0.2) is 30.5 Å². The molecule has 0 fully saturated rings. The van der Waals surface area contributed by atoms with E-state index in [1.165, 1.54) is 6.20 Å². The van der Waals surface area contributed by atoms with Crippen LogP contribution in [0, 0.1) is 17.0 Å². The second-order valence-corrected chi connectivity index (χ2v) is 4.61. The Labute approximate surface area is 122 Å². The van der Waals surface area contributed by atoms with Crippen LogP contribution < -0.4 is 10.6 Å². The molecule has 0 spiro atoms. The second kappa shape index (κ2) is 6.65. The maximum Gasteiger partial charge on any atom is 0.329 e. The number of nitrogens with one attached hydrogen (secondary N) is 2. The van der Waals surface area contributed by atoms with E-state index in [2.05, 4.69) is 20.6 Å². The lowest BCUT2D eigenvalue weighted by molar-refractivity contribution is -0.384. The smallest absolute Gasteiger partial charge is 0.329 e. The first-order valence-electron chi connectivity index (χ1n) is 6.69. The fourth-order valence-electron chi connectivity index (χ4n) is 1.78. The predicted octanol–water partition coefficient (Wildman–Crippen LogP) is 3.26. The van der Waals surface area contributed by atoms with Gasteiger partial charge in [0, 0.05) is 12.2 Å². The first kappa shape index (κ1) is 14.7. The highest BCUT2D eigenvalue weighted by atomic mass is 16.6. The van der Waals surface area contributed by atoms with Crippen LogP contribution in [0.3, 0.4) is 0 Å². The molecule has 0 unspecified atom stereocenters. The molecule has 7 nitrogen and oxygen atoms in total. The van der Waals surface area contributed by atoms with Crippen molar-refractivity contribution in [3.8, 4) is 0 Å². The molecule has 110 valence electrons. The van der Waals surface area contributed by atoms with Gasteiger partial charge in [-0.1, -0.05) is 19.1 Å². The van der Waals surface area contributed by atoms with Crippen molar-refractivity contribution in [3.05, 3.63) is 46.1 Å². The van der Waals surface area contributed by atoms with Gasteiger partial charge in [-0.3, -0.25) is 10.1 Å². The molecule has 7 heteroatoms. The molecule has 0 radical (unpaired) electrons. The van der Waals surface area contributed by atoms with Crippen molar-refractivity contribution in [3.63, 3.8) is 0 Å². The van der Waals surface area contributed by atoms with Gasteiger partial charge in [-0.25, -0.2) is 4.98 Å². The molecule has 2 N–H and O–H groups in total. The number of aryl methyl sites for hydroxylation is 1. The Bertz CT molecular complexity index is 645. The van der Waals surface area contributed by atoms with Gasteiger partial charge in [-0.05, 0) is 31.0 Å². The van der Waals surface area contributed by atoms with Crippen LogP contribution in [-0.2, 0) is 0 Å². The highest BCUT2D eigenvalue weighted by molar-refractivity contribution is 5.66. The second-order valence-electron chi connectivity index (χ2n) is 4.61. The topological polar surface area (TPSA) is 93.0 Å². The van der Waals surface area contributed by atoms with Crippen molar-refractivity contribution in [1.29, 1.82) is 0 Å². The molecule has 1 aromatic heterocycles. The molecule has 1 heterocycles. The van der Waals surface area contributed by atoms with Gasteiger partial charge in [0.05, 0.1) is 4.92 Å². The molecule has 2 rings (SSSR count). The van der Waals surface area contributed by atoms with Crippen molar-refractivity contribution < 1.29 is 4.92 Å². The fraction of sp³-hybridized carbons (Fsp3) is 0.286. The first-order chi connectivity index (χ1) is 10.1. The van der Waals surface area contributed by atoms with Crippen molar-refractivity contribution in [1.82, 2.24) is 9.97 Å². The van der Waals surface area contributed by atoms with Gasteiger partial charge in [-0.15, -0.1) is 0 Å². The number of rotatable bonds is 6. The standard InChI is InChI=1S/C14H17N5O2/c1-3-7-15-14-16-9-12(19(20)21)13(18-14)17-11-6-4-5-10(2)8-11/h4-6,8-9H,3,7H2,1-2H3,(H2,15,16,17,18). The van der Waals surface area contributed by atoms with E-state index in [0.29, 0.717) is 12.5 Å². The van der Waals surface area contributed by atoms with Crippen LogP contribution >= 0.6 is 0 Å². The third-order valence-electron chi connectivity index (χ3n) is 2.78. The van der Waals surface area contributed by atoms with Crippen molar-refractivity contribution in [2.75, 3.05) is 17.2 Å². The molecule has 0 aliphatic carbocycles. The Morgan fingerprint density at radius 3 is 2.86 bits per heavy atom. The van der Waals surface area contributed by atoms with Gasteiger partial charge in [0.15, 0.2) is 0 Å². The summed E-state index contributed by atoms with van der Waals surface area (Å²) in [6.45, 7) is 4.68. The molecule has 0 aliphatic heterocycles. The molecular weight excluding hydrogens is 270 g/mol. The summed E-state index contributed by atoms with van der Waals surface area (Å²) in [6, 6.07) is 7.55. The summed E-state index contributed by atoms with van der Waals surface area (Å²) < 4.78 is 0. The molecule has 0 aliphatic rings. The maximum atomic E-state index is 11.1. The van der Waals surface area contributed by atoms with E-state index < -0.39 is 4.92 Å². The maximum absolute atomic E-state index is 11.1. The summed E-state index contributed by atoms with van der Waals surface area (Å²) in [5.74, 6) is 0.553. The number of nitrogens with zero attached hydrogens (tertiary/aromatic N) is 3. The largest absolute Gasteiger partial charge is 0.354 e. The van der Waals surface area contributed by atoms with Crippen LogP contribution in [-0.4, -0.2) is 21.4 Å². The summed E-state index contributed by atoms with van der Waals surface area (Å²) in [4.78, 5) is 18.7. The Morgan fingerprint density at radius 2 is 2.19 bits per heavy atom. The summed E-state index contributed by atoms with van der Waals surface area (Å²) in [6.07, 6.45) is 2.13. The molecule has 21 heavy (non-hydrogen) atoms. The molecule has 0 atom stereocenters. The van der Waals surface area contributed by atoms with Crippen molar-refractivity contribution in [2.45, 2.75) is 20.3 Å². The Morgan fingerprint density at radius 1 is 1.38 bits per heavy atom. The molecule has 1 aromatic carbocycles. The van der Waals surface area contributed by atoms with Crippen molar-refractivity contribution >= 4 is 23.1 Å². The fourth-order valence-corrected chi connectivity index (χ4v) is 1.78. The first-order valence-corrected chi connectivity index (χ1v) is 6.69. The zero-order chi connectivity index (χ0) is 15.2. The van der Waals surface area contributed by atoms with E-state index in [1.807, 2.05) is 38.1 Å². The minimum atomic E-state index is -0.498. The summed E-state index contributed by atoms with van der Waals surface area (Å²) in [5, 5.41) is 17.1. The molecular formula is C14H17N5O2. The van der Waals surface area contributed by atoms with Gasteiger partial charge in [0.1, 0.15) is 6.20 Å². The van der Waals surface area contributed by atoms with E-state index in [-0.39, 0.29) is 11.5 Å². The van der Waals surface area contributed by atoms with Gasteiger partial charge in [0.25, 0.3) is 0 Å². The van der Waals surface area contributed by atoms with E-state index in [1.54, 1.807) is 0 Å². The number of aromatic nitrogens is 2. The lowest BCUT2D eigenvalue weighted by Gasteiger charge is -2.09. The van der Waals surface area contributed by atoms with Crippen LogP contribution in [0.2, 0.25) is 0 Å².